The van der Waals surface area contributed by atoms with Crippen molar-refractivity contribution in [2.24, 2.45) is 0 Å². The zero-order chi connectivity index (χ0) is 59.6. The Morgan fingerprint density at radius 2 is 0.284 bits per heavy atom. The maximum atomic E-state index is 7.29. The summed E-state index contributed by atoms with van der Waals surface area (Å²) >= 11 is 0. The van der Waals surface area contributed by atoms with Gasteiger partial charge < -0.3 is 4.42 Å². The van der Waals surface area contributed by atoms with Gasteiger partial charge in [-0.3, -0.25) is 0 Å². The minimum Gasteiger partial charge on any atom is -0.457 e. The maximum Gasteiger partial charge on any atom is 0.128 e. The topological polar surface area (TPSA) is 13.1 Å². The van der Waals surface area contributed by atoms with Crippen molar-refractivity contribution in [1.82, 2.24) is 0 Å². The lowest BCUT2D eigenvalue weighted by Crippen LogP contribution is -2.53. The normalized spacial score (nSPS) is 12.0. The first-order valence-electron chi connectivity index (χ1n) is 23.8. The lowest BCUT2D eigenvalue weighted by molar-refractivity contribution is 0.675. The van der Waals surface area contributed by atoms with Crippen LogP contribution in [-0.2, 0) is 0 Å². The molecule has 0 aliphatic heterocycles. The van der Waals surface area contributed by atoms with Gasteiger partial charge in [-0.2, -0.15) is 0 Å². The van der Waals surface area contributed by atoms with E-state index in [2.05, 4.69) is 0 Å². The van der Waals surface area contributed by atoms with Gasteiger partial charge in [0.05, 0.1) is 0 Å². The van der Waals surface area contributed by atoms with Crippen molar-refractivity contribution in [3.8, 4) is 33.4 Å². The molecular weight excluding hydrogens is 941 g/mol. The second-order valence-corrected chi connectivity index (χ2v) is 19.9. The molecule has 0 spiro atoms. The molecular formula is C50B30O. The van der Waals surface area contributed by atoms with Crippen LogP contribution in [0.5, 0.6) is 0 Å². The summed E-state index contributed by atoms with van der Waals surface area (Å²) in [6, 6.07) is 0. The molecule has 60 radical (unpaired) electrons. The molecule has 0 aliphatic rings. The van der Waals surface area contributed by atoms with E-state index in [0.29, 0.717) is 0 Å². The summed E-state index contributed by atoms with van der Waals surface area (Å²) in [4.78, 5) is 0. The quantitative estimate of drug-likeness (QED) is 0.127. The van der Waals surface area contributed by atoms with Crippen molar-refractivity contribution in [3.63, 3.8) is 0 Å². The fourth-order valence-electron chi connectivity index (χ4n) is 11.8. The standard InChI is InChI=1S/C50B30O/c51-19-16-17(34(66)46(78)45(77)33(16)65)35(67)50-18(19)14-12(29(61)47(79)48(80)49(14)81-50)11-10-9(26(58)37(69)28(11)60)7(20(52)36(68)27(10)59)1-3-5(24(56)41(73)39(71)22(3)54)2(6-4(1)23(55)40(72)42(74)25(6)57)8-13-15(31(63)38(70)21(8)53)32(64)44(76)43(75)30(13)62. The predicted molar refractivity (Wildman–Crippen MR) is 379 cm³/mol. The van der Waals surface area contributed by atoms with Crippen LogP contribution in [0.3, 0.4) is 0 Å². The molecule has 1 nitrogen and oxygen atoms in total. The summed E-state index contributed by atoms with van der Waals surface area (Å²) in [5, 5.41) is -0.0218. The van der Waals surface area contributed by atoms with Crippen LogP contribution in [0.4, 0.5) is 0 Å². The van der Waals surface area contributed by atoms with E-state index < -0.39 is 0 Å². The molecule has 81 heavy (non-hydrogen) atoms. The Bertz CT molecular complexity index is 4840. The number of fused-ring (bicyclic) bond motifs is 8. The number of hydrogen-bond donors (Lipinski definition) is 0. The molecule has 0 saturated heterocycles. The Morgan fingerprint density at radius 1 is 0.111 bits per heavy atom. The second-order valence-electron chi connectivity index (χ2n) is 19.9. The van der Waals surface area contributed by atoms with E-state index in [1.165, 1.54) is 0 Å². The first-order valence-corrected chi connectivity index (χ1v) is 23.8. The lowest BCUT2D eigenvalue weighted by atomic mass is 9.55. The Balaban J connectivity index is 1.46. The number of furan rings is 1. The van der Waals surface area contributed by atoms with Gasteiger partial charge in [-0.1, -0.05) is 92.9 Å². The van der Waals surface area contributed by atoms with E-state index in [4.69, 9.17) is 240 Å². The third-order valence-electron chi connectivity index (χ3n) is 16.0. The largest absolute Gasteiger partial charge is 0.457 e. The van der Waals surface area contributed by atoms with Crippen molar-refractivity contribution < 1.29 is 4.42 Å². The fourth-order valence-corrected chi connectivity index (χ4v) is 11.8. The molecule has 1 heterocycles. The number of rotatable bonds is 3. The van der Waals surface area contributed by atoms with Crippen molar-refractivity contribution >= 4 is 475 Å². The van der Waals surface area contributed by atoms with Gasteiger partial charge in [0.1, 0.15) is 247 Å². The summed E-state index contributed by atoms with van der Waals surface area (Å²) in [5.41, 5.74) is -6.13. The summed E-state index contributed by atoms with van der Waals surface area (Å²) in [6.45, 7) is 0. The molecule has 0 saturated carbocycles. The Labute approximate surface area is 509 Å². The minimum absolute atomic E-state index is 0.0203. The number of benzene rings is 10. The highest BCUT2D eigenvalue weighted by Crippen LogP contribution is 2.43. The average Bonchev–Trinajstić information content (AvgIpc) is 3.22. The summed E-state index contributed by atoms with van der Waals surface area (Å²) < 4.78 is 6.49. The first-order chi connectivity index (χ1) is 37.8. The van der Waals surface area contributed by atoms with Gasteiger partial charge >= 0.3 is 0 Å². The summed E-state index contributed by atoms with van der Waals surface area (Å²) in [6.07, 6.45) is 0. The highest BCUT2D eigenvalue weighted by Gasteiger charge is 2.33. The third-order valence-corrected chi connectivity index (χ3v) is 16.0. The van der Waals surface area contributed by atoms with Gasteiger partial charge in [0.2, 0.25) is 0 Å². The zero-order valence-corrected chi connectivity index (χ0v) is 42.7. The number of hydrogen-bond acceptors (Lipinski definition) is 1. The molecule has 0 unspecified atom stereocenters. The van der Waals surface area contributed by atoms with Gasteiger partial charge in [-0.15, -0.1) is 65.6 Å². The molecule has 11 aromatic rings. The molecule has 0 fully saturated rings. The fraction of sp³-hybridized carbons (Fsp3) is 0. The van der Waals surface area contributed by atoms with Gasteiger partial charge in [0, 0.05) is 10.8 Å². The van der Waals surface area contributed by atoms with E-state index in [-0.39, 0.29) is 273 Å². The van der Waals surface area contributed by atoms with E-state index in [1.807, 2.05) is 0 Å². The summed E-state index contributed by atoms with van der Waals surface area (Å²) in [7, 11) is 206. The van der Waals surface area contributed by atoms with Crippen LogP contribution in [0.25, 0.3) is 109 Å². The minimum atomic E-state index is -0.295. The van der Waals surface area contributed by atoms with Gasteiger partial charge in [0.25, 0.3) is 0 Å². The Hall–Kier alpha value is -4.75. The molecule has 0 aliphatic carbocycles. The van der Waals surface area contributed by atoms with Crippen molar-refractivity contribution in [3.05, 3.63) is 0 Å². The third kappa shape index (κ3) is 7.30. The average molecular weight is 941 g/mol. The smallest absolute Gasteiger partial charge is 0.128 e. The van der Waals surface area contributed by atoms with Gasteiger partial charge in [-0.05, 0) is 92.7 Å². The van der Waals surface area contributed by atoms with Crippen LogP contribution in [0.15, 0.2) is 4.42 Å². The van der Waals surface area contributed by atoms with Crippen LogP contribution in [-0.4, -0.2) is 235 Å². The van der Waals surface area contributed by atoms with Crippen LogP contribution >= 0.6 is 0 Å². The Morgan fingerprint density at radius 3 is 0.580 bits per heavy atom. The van der Waals surface area contributed by atoms with Crippen molar-refractivity contribution in [1.29, 1.82) is 0 Å². The molecule has 0 bridgehead atoms. The SMILES string of the molecule is [B]c1c([B])c(-c2c([B])c([B])c([B])c3c(-c4c5c([B])c([B])c([B])c([B])c5c(-c5c([B])c([B])c([B])c6c([B])c([B])c([B])c([B])c56)c5c([B])c([B])c([B])c([B])c45)c([B])c([B])c([B])c23)c2c(oc3c([B])c4c([B])c([B])c([B])c([B])c4c([B])c32)c1[B]. The second kappa shape index (κ2) is 19.4. The van der Waals surface area contributed by atoms with E-state index in [0.717, 1.165) is 0 Å². The molecule has 10 aromatic carbocycles. The molecule has 11 rings (SSSR count). The summed E-state index contributed by atoms with van der Waals surface area (Å²) in [5.74, 6) is 0. The van der Waals surface area contributed by atoms with Crippen LogP contribution < -0.4 is 164 Å². The van der Waals surface area contributed by atoms with Gasteiger partial charge in [0.15, 0.2) is 0 Å². The molecule has 1 aromatic heterocycles. The monoisotopic (exact) mass is 946 g/mol. The zero-order valence-electron chi connectivity index (χ0n) is 42.7. The molecule has 0 amide bonds. The Kier molecular flexibility index (Phi) is 13.9. The van der Waals surface area contributed by atoms with Crippen molar-refractivity contribution in [2.75, 3.05) is 0 Å². The van der Waals surface area contributed by atoms with E-state index in [9.17, 15) is 0 Å². The molecule has 296 valence electrons. The van der Waals surface area contributed by atoms with Crippen molar-refractivity contribution in [2.45, 2.75) is 0 Å². The maximum absolute atomic E-state index is 7.29. The first kappa shape index (κ1) is 58.0. The van der Waals surface area contributed by atoms with Crippen LogP contribution in [0.2, 0.25) is 0 Å². The van der Waals surface area contributed by atoms with Crippen LogP contribution in [0.1, 0.15) is 0 Å². The predicted octanol–water partition coefficient (Wildman–Crippen LogP) is -21.8. The molecule has 0 N–H and O–H groups in total. The highest BCUT2D eigenvalue weighted by atomic mass is 16.3. The highest BCUT2D eigenvalue weighted by molar-refractivity contribution is 6.78. The molecule has 31 heteroatoms. The lowest BCUT2D eigenvalue weighted by Gasteiger charge is -2.33. The molecule has 0 atom stereocenters. The van der Waals surface area contributed by atoms with E-state index in [1.54, 1.807) is 0 Å². The van der Waals surface area contributed by atoms with Crippen LogP contribution in [0, 0.1) is 0 Å². The van der Waals surface area contributed by atoms with Gasteiger partial charge in [-0.25, -0.2) is 0 Å². The van der Waals surface area contributed by atoms with E-state index >= 15 is 0 Å².